The SMILES string of the molecule is COc1cc(OC(F)(F)F)ccc1Oc1cc2c(cc1C(=O)O)OC(F)(F)O2. The monoisotopic (exact) mass is 408 g/mol. The summed E-state index contributed by atoms with van der Waals surface area (Å²) in [5.74, 6) is -4.02. The quantitative estimate of drug-likeness (QED) is 0.734. The van der Waals surface area contributed by atoms with Gasteiger partial charge >= 0.3 is 18.6 Å². The number of methoxy groups -OCH3 is 1. The number of aromatic carboxylic acids is 1. The fourth-order valence-corrected chi connectivity index (χ4v) is 2.28. The minimum Gasteiger partial charge on any atom is -0.493 e. The number of fused-ring (bicyclic) bond motifs is 1. The second-order valence-electron chi connectivity index (χ2n) is 5.23. The summed E-state index contributed by atoms with van der Waals surface area (Å²) in [7, 11) is 1.12. The van der Waals surface area contributed by atoms with Crippen molar-refractivity contribution in [3.63, 3.8) is 0 Å². The summed E-state index contributed by atoms with van der Waals surface area (Å²) in [6, 6.07) is 4.38. The second kappa shape index (κ2) is 6.62. The Morgan fingerprint density at radius 3 is 2.25 bits per heavy atom. The van der Waals surface area contributed by atoms with Crippen LogP contribution in [0.1, 0.15) is 10.4 Å². The molecule has 0 unspecified atom stereocenters. The van der Waals surface area contributed by atoms with Gasteiger partial charge in [-0.3, -0.25) is 0 Å². The van der Waals surface area contributed by atoms with Crippen LogP contribution in [0.3, 0.4) is 0 Å². The number of rotatable bonds is 5. The fraction of sp³-hybridized carbons (Fsp3) is 0.188. The van der Waals surface area contributed by atoms with Gasteiger partial charge in [0.05, 0.1) is 7.11 Å². The van der Waals surface area contributed by atoms with E-state index in [1.54, 1.807) is 0 Å². The smallest absolute Gasteiger partial charge is 0.493 e. The van der Waals surface area contributed by atoms with Crippen LogP contribution in [0.15, 0.2) is 30.3 Å². The van der Waals surface area contributed by atoms with Crippen LogP contribution in [0.2, 0.25) is 0 Å². The van der Waals surface area contributed by atoms with E-state index in [1.165, 1.54) is 0 Å². The third-order valence-electron chi connectivity index (χ3n) is 3.32. The summed E-state index contributed by atoms with van der Waals surface area (Å²) in [6.45, 7) is 0. The average Bonchev–Trinajstić information content (AvgIpc) is 2.86. The van der Waals surface area contributed by atoms with Gasteiger partial charge in [-0.05, 0) is 12.1 Å². The molecule has 7 nitrogen and oxygen atoms in total. The molecule has 1 aliphatic heterocycles. The van der Waals surface area contributed by atoms with Crippen LogP contribution in [0.5, 0.6) is 34.5 Å². The zero-order chi connectivity index (χ0) is 20.7. The molecule has 0 atom stereocenters. The molecule has 1 N–H and O–H groups in total. The Labute approximate surface area is 152 Å². The molecule has 0 amide bonds. The van der Waals surface area contributed by atoms with Crippen molar-refractivity contribution in [2.75, 3.05) is 7.11 Å². The molecule has 1 aliphatic rings. The van der Waals surface area contributed by atoms with E-state index in [1.807, 2.05) is 0 Å². The highest BCUT2D eigenvalue weighted by atomic mass is 19.4. The molecule has 1 heterocycles. The van der Waals surface area contributed by atoms with E-state index in [9.17, 15) is 31.9 Å². The van der Waals surface area contributed by atoms with Crippen molar-refractivity contribution in [1.29, 1.82) is 0 Å². The van der Waals surface area contributed by atoms with E-state index in [0.717, 1.165) is 37.4 Å². The number of carboxylic acid groups (broad SMARTS) is 1. The Morgan fingerprint density at radius 2 is 1.68 bits per heavy atom. The second-order valence-corrected chi connectivity index (χ2v) is 5.23. The van der Waals surface area contributed by atoms with Crippen molar-refractivity contribution >= 4 is 5.97 Å². The van der Waals surface area contributed by atoms with Gasteiger partial charge < -0.3 is 28.8 Å². The Morgan fingerprint density at radius 1 is 1.04 bits per heavy atom. The van der Waals surface area contributed by atoms with Gasteiger partial charge in [0.15, 0.2) is 23.0 Å². The number of halogens is 5. The normalized spacial score (nSPS) is 14.5. The maximum atomic E-state index is 13.2. The zero-order valence-electron chi connectivity index (χ0n) is 13.7. The molecule has 0 aromatic heterocycles. The molecular weight excluding hydrogens is 399 g/mol. The number of alkyl halides is 5. The molecule has 12 heteroatoms. The van der Waals surface area contributed by atoms with Crippen molar-refractivity contribution in [2.24, 2.45) is 0 Å². The highest BCUT2D eigenvalue weighted by Gasteiger charge is 2.44. The van der Waals surface area contributed by atoms with Crippen LogP contribution in [0.25, 0.3) is 0 Å². The van der Waals surface area contributed by atoms with E-state index in [2.05, 4.69) is 14.2 Å². The molecule has 2 aromatic rings. The molecule has 2 aromatic carbocycles. The lowest BCUT2D eigenvalue weighted by atomic mass is 10.1. The van der Waals surface area contributed by atoms with Crippen LogP contribution >= 0.6 is 0 Å². The molecule has 3 rings (SSSR count). The molecule has 0 spiro atoms. The Hall–Kier alpha value is -3.44. The minimum atomic E-state index is -4.94. The van der Waals surface area contributed by atoms with E-state index in [4.69, 9.17) is 9.47 Å². The summed E-state index contributed by atoms with van der Waals surface area (Å²) >= 11 is 0. The van der Waals surface area contributed by atoms with Gasteiger partial charge in [-0.2, -0.15) is 0 Å². The van der Waals surface area contributed by atoms with Gasteiger partial charge in [-0.25, -0.2) is 4.79 Å². The lowest BCUT2D eigenvalue weighted by Gasteiger charge is -2.15. The van der Waals surface area contributed by atoms with Crippen LogP contribution in [-0.2, 0) is 0 Å². The Bertz CT molecular complexity index is 926. The van der Waals surface area contributed by atoms with E-state index < -0.39 is 47.2 Å². The predicted molar refractivity (Wildman–Crippen MR) is 79.4 cm³/mol. The van der Waals surface area contributed by atoms with Gasteiger partial charge in [0.2, 0.25) is 0 Å². The molecule has 0 saturated carbocycles. The summed E-state index contributed by atoms with van der Waals surface area (Å²) in [6.07, 6.45) is -8.92. The standard InChI is InChI=1S/C16H9F5O7/c1-24-11-4-7(26-15(17,18)19)2-3-9(11)25-10-6-13-12(5-8(10)14(22)23)27-16(20,21)28-13/h2-6H,1H3,(H,22,23). The molecule has 0 fully saturated rings. The zero-order valence-corrected chi connectivity index (χ0v) is 13.7. The Kier molecular flexibility index (Phi) is 4.57. The van der Waals surface area contributed by atoms with Crippen molar-refractivity contribution in [1.82, 2.24) is 0 Å². The summed E-state index contributed by atoms with van der Waals surface area (Å²) in [5.41, 5.74) is -0.558. The molecule has 0 radical (unpaired) electrons. The molecule has 0 saturated heterocycles. The van der Waals surface area contributed by atoms with Gasteiger partial charge in [0, 0.05) is 18.2 Å². The first-order valence-electron chi connectivity index (χ1n) is 7.26. The van der Waals surface area contributed by atoms with Gasteiger partial charge in [0.25, 0.3) is 0 Å². The first kappa shape index (κ1) is 19.3. The number of ether oxygens (including phenoxy) is 5. The predicted octanol–water partition coefficient (Wildman–Crippen LogP) is 4.41. The molecular formula is C16H9F5O7. The first-order chi connectivity index (χ1) is 13.0. The maximum Gasteiger partial charge on any atom is 0.586 e. The number of hydrogen-bond acceptors (Lipinski definition) is 6. The number of carboxylic acids is 1. The summed E-state index contributed by atoms with van der Waals surface area (Å²) in [4.78, 5) is 11.4. The van der Waals surface area contributed by atoms with Crippen LogP contribution in [0, 0.1) is 0 Å². The molecule has 0 aliphatic carbocycles. The number of hydrogen-bond donors (Lipinski definition) is 1. The minimum absolute atomic E-state index is 0.204. The third-order valence-corrected chi connectivity index (χ3v) is 3.32. The van der Waals surface area contributed by atoms with E-state index >= 15 is 0 Å². The fourth-order valence-electron chi connectivity index (χ4n) is 2.28. The lowest BCUT2D eigenvalue weighted by molar-refractivity contribution is -0.286. The van der Waals surface area contributed by atoms with Crippen molar-refractivity contribution in [2.45, 2.75) is 12.7 Å². The van der Waals surface area contributed by atoms with Crippen LogP contribution in [0.4, 0.5) is 22.0 Å². The molecule has 28 heavy (non-hydrogen) atoms. The maximum absolute atomic E-state index is 13.2. The van der Waals surface area contributed by atoms with Gasteiger partial charge in [0.1, 0.15) is 17.1 Å². The first-order valence-corrected chi connectivity index (χ1v) is 7.26. The van der Waals surface area contributed by atoms with Gasteiger partial charge in [-0.1, -0.05) is 0 Å². The van der Waals surface area contributed by atoms with Crippen LogP contribution < -0.4 is 23.7 Å². The molecule has 0 bridgehead atoms. The van der Waals surface area contributed by atoms with E-state index in [0.29, 0.717) is 0 Å². The number of benzene rings is 2. The topological polar surface area (TPSA) is 83.5 Å². The van der Waals surface area contributed by atoms with Crippen molar-refractivity contribution in [3.05, 3.63) is 35.9 Å². The highest BCUT2D eigenvalue weighted by molar-refractivity contribution is 5.92. The summed E-state index contributed by atoms with van der Waals surface area (Å²) < 4.78 is 85.7. The van der Waals surface area contributed by atoms with Crippen molar-refractivity contribution in [3.8, 4) is 34.5 Å². The lowest BCUT2D eigenvalue weighted by Crippen LogP contribution is -2.25. The average molecular weight is 408 g/mol. The highest BCUT2D eigenvalue weighted by Crippen LogP contribution is 2.46. The third kappa shape index (κ3) is 4.10. The van der Waals surface area contributed by atoms with E-state index in [-0.39, 0.29) is 11.5 Å². The summed E-state index contributed by atoms with van der Waals surface area (Å²) in [5, 5.41) is 9.26. The Balaban J connectivity index is 1.96. The molecule has 150 valence electrons. The largest absolute Gasteiger partial charge is 0.586 e. The van der Waals surface area contributed by atoms with Gasteiger partial charge in [-0.15, -0.1) is 22.0 Å². The van der Waals surface area contributed by atoms with Crippen molar-refractivity contribution < 1.29 is 55.5 Å². The number of carbonyl (C=O) groups is 1. The van der Waals surface area contributed by atoms with Crippen LogP contribution in [-0.4, -0.2) is 30.8 Å².